The van der Waals surface area contributed by atoms with Crippen LogP contribution >= 0.6 is 0 Å². The van der Waals surface area contributed by atoms with Crippen LogP contribution in [-0.2, 0) is 6.54 Å². The molecule has 0 saturated heterocycles. The van der Waals surface area contributed by atoms with E-state index in [2.05, 4.69) is 5.10 Å². The van der Waals surface area contributed by atoms with Gasteiger partial charge >= 0.3 is 0 Å². The van der Waals surface area contributed by atoms with E-state index in [1.165, 1.54) is 0 Å². The molecule has 1 aromatic heterocycles. The number of para-hydroxylation sites is 1. The van der Waals surface area contributed by atoms with Crippen LogP contribution in [0.5, 0.6) is 5.75 Å². The zero-order valence-corrected chi connectivity index (χ0v) is 10.1. The van der Waals surface area contributed by atoms with E-state index in [1.807, 2.05) is 42.1 Å². The van der Waals surface area contributed by atoms with Crippen molar-refractivity contribution in [2.24, 2.45) is 5.73 Å². The van der Waals surface area contributed by atoms with Crippen molar-refractivity contribution in [2.75, 3.05) is 7.11 Å². The Balaban J connectivity index is 2.19. The molecule has 2 N–H and O–H groups in total. The molecule has 4 nitrogen and oxygen atoms in total. The van der Waals surface area contributed by atoms with Gasteiger partial charge in [-0.2, -0.15) is 5.10 Å². The van der Waals surface area contributed by atoms with Crippen LogP contribution in [0.3, 0.4) is 0 Å². The summed E-state index contributed by atoms with van der Waals surface area (Å²) in [5.74, 6) is 0.880. The third-order valence-corrected chi connectivity index (χ3v) is 2.70. The van der Waals surface area contributed by atoms with Crippen LogP contribution in [0.15, 0.2) is 36.7 Å². The highest BCUT2D eigenvalue weighted by Crippen LogP contribution is 2.18. The van der Waals surface area contributed by atoms with E-state index in [9.17, 15) is 0 Å². The number of ether oxygens (including phenoxy) is 1. The Morgan fingerprint density at radius 1 is 1.41 bits per heavy atom. The molecule has 0 fully saturated rings. The summed E-state index contributed by atoms with van der Waals surface area (Å²) in [6.07, 6.45) is 3.77. The molecular weight excluding hydrogens is 214 g/mol. The minimum Gasteiger partial charge on any atom is -0.496 e. The first-order valence-corrected chi connectivity index (χ1v) is 5.60. The van der Waals surface area contributed by atoms with E-state index in [0.29, 0.717) is 6.54 Å². The van der Waals surface area contributed by atoms with Gasteiger partial charge in [-0.25, -0.2) is 0 Å². The van der Waals surface area contributed by atoms with Crippen LogP contribution < -0.4 is 10.5 Å². The van der Waals surface area contributed by atoms with Crippen LogP contribution in [0.25, 0.3) is 0 Å². The molecule has 17 heavy (non-hydrogen) atoms. The highest BCUT2D eigenvalue weighted by atomic mass is 16.5. The Labute approximate surface area is 101 Å². The summed E-state index contributed by atoms with van der Waals surface area (Å²) in [5.41, 5.74) is 7.95. The van der Waals surface area contributed by atoms with E-state index in [-0.39, 0.29) is 6.04 Å². The number of methoxy groups -OCH3 is 1. The molecule has 0 spiro atoms. The molecule has 0 saturated carbocycles. The SMILES string of the molecule is COc1ccccc1Cn1cc(C(C)N)cn1. The highest BCUT2D eigenvalue weighted by Gasteiger charge is 2.06. The predicted molar refractivity (Wildman–Crippen MR) is 66.9 cm³/mol. The van der Waals surface area contributed by atoms with Gasteiger partial charge in [0.2, 0.25) is 0 Å². The van der Waals surface area contributed by atoms with Crippen molar-refractivity contribution in [2.45, 2.75) is 19.5 Å². The van der Waals surface area contributed by atoms with Crippen LogP contribution in [0, 0.1) is 0 Å². The van der Waals surface area contributed by atoms with Crippen molar-refractivity contribution in [1.82, 2.24) is 9.78 Å². The van der Waals surface area contributed by atoms with E-state index in [4.69, 9.17) is 10.5 Å². The number of benzene rings is 1. The maximum atomic E-state index is 5.80. The smallest absolute Gasteiger partial charge is 0.123 e. The fourth-order valence-corrected chi connectivity index (χ4v) is 1.71. The summed E-state index contributed by atoms with van der Waals surface area (Å²) in [7, 11) is 1.68. The van der Waals surface area contributed by atoms with Gasteiger partial charge in [-0.1, -0.05) is 18.2 Å². The summed E-state index contributed by atoms with van der Waals surface area (Å²) in [6.45, 7) is 2.64. The summed E-state index contributed by atoms with van der Waals surface area (Å²) in [6, 6.07) is 7.95. The van der Waals surface area contributed by atoms with Gasteiger partial charge in [-0.15, -0.1) is 0 Å². The van der Waals surface area contributed by atoms with Gasteiger partial charge in [0, 0.05) is 23.4 Å². The van der Waals surface area contributed by atoms with E-state index in [1.54, 1.807) is 13.3 Å². The quantitative estimate of drug-likeness (QED) is 0.875. The number of rotatable bonds is 4. The Morgan fingerprint density at radius 2 is 2.18 bits per heavy atom. The lowest BCUT2D eigenvalue weighted by Crippen LogP contribution is -2.04. The average Bonchev–Trinajstić information content (AvgIpc) is 2.78. The summed E-state index contributed by atoms with van der Waals surface area (Å²) in [5, 5.41) is 4.29. The molecule has 0 aliphatic carbocycles. The molecule has 1 atom stereocenters. The Bertz CT molecular complexity index is 491. The topological polar surface area (TPSA) is 53.1 Å². The molecule has 0 aliphatic heterocycles. The first-order chi connectivity index (χ1) is 8.20. The number of nitrogens with zero attached hydrogens (tertiary/aromatic N) is 2. The van der Waals surface area contributed by atoms with E-state index >= 15 is 0 Å². The lowest BCUT2D eigenvalue weighted by Gasteiger charge is -2.08. The van der Waals surface area contributed by atoms with E-state index in [0.717, 1.165) is 16.9 Å². The monoisotopic (exact) mass is 231 g/mol. The molecule has 0 radical (unpaired) electrons. The second-order valence-corrected chi connectivity index (χ2v) is 4.07. The lowest BCUT2D eigenvalue weighted by atomic mass is 10.2. The van der Waals surface area contributed by atoms with Crippen molar-refractivity contribution in [3.8, 4) is 5.75 Å². The molecule has 4 heteroatoms. The minimum atomic E-state index is 0.0152. The fourth-order valence-electron chi connectivity index (χ4n) is 1.71. The molecule has 1 unspecified atom stereocenters. The van der Waals surface area contributed by atoms with Gasteiger partial charge in [0.25, 0.3) is 0 Å². The Kier molecular flexibility index (Phi) is 3.44. The number of nitrogens with two attached hydrogens (primary N) is 1. The van der Waals surface area contributed by atoms with Gasteiger partial charge in [-0.05, 0) is 13.0 Å². The zero-order valence-electron chi connectivity index (χ0n) is 10.1. The van der Waals surface area contributed by atoms with Crippen molar-refractivity contribution >= 4 is 0 Å². The van der Waals surface area contributed by atoms with Gasteiger partial charge < -0.3 is 10.5 Å². The van der Waals surface area contributed by atoms with Gasteiger partial charge in [0.05, 0.1) is 19.9 Å². The number of hydrogen-bond donors (Lipinski definition) is 1. The first-order valence-electron chi connectivity index (χ1n) is 5.60. The standard InChI is InChI=1S/C13H17N3O/c1-10(14)12-7-15-16(9-12)8-11-5-3-4-6-13(11)17-2/h3-7,9-10H,8,14H2,1-2H3. The molecular formula is C13H17N3O. The van der Waals surface area contributed by atoms with E-state index < -0.39 is 0 Å². The summed E-state index contributed by atoms with van der Waals surface area (Å²) < 4.78 is 7.18. The summed E-state index contributed by atoms with van der Waals surface area (Å²) >= 11 is 0. The summed E-state index contributed by atoms with van der Waals surface area (Å²) in [4.78, 5) is 0. The molecule has 2 aromatic rings. The predicted octanol–water partition coefficient (Wildman–Crippen LogP) is 1.96. The molecule has 0 bridgehead atoms. The maximum Gasteiger partial charge on any atom is 0.123 e. The third-order valence-electron chi connectivity index (χ3n) is 2.70. The molecule has 0 aliphatic rings. The fraction of sp³-hybridized carbons (Fsp3) is 0.308. The minimum absolute atomic E-state index is 0.0152. The molecule has 1 aromatic carbocycles. The van der Waals surface area contributed by atoms with Gasteiger partial charge in [0.15, 0.2) is 0 Å². The van der Waals surface area contributed by atoms with Crippen LogP contribution in [0.2, 0.25) is 0 Å². The van der Waals surface area contributed by atoms with Gasteiger partial charge in [0.1, 0.15) is 5.75 Å². The van der Waals surface area contributed by atoms with Crippen LogP contribution in [0.1, 0.15) is 24.1 Å². The van der Waals surface area contributed by atoms with Gasteiger partial charge in [-0.3, -0.25) is 4.68 Å². The van der Waals surface area contributed by atoms with Crippen molar-refractivity contribution in [3.05, 3.63) is 47.8 Å². The van der Waals surface area contributed by atoms with Crippen molar-refractivity contribution in [1.29, 1.82) is 0 Å². The Hall–Kier alpha value is -1.81. The maximum absolute atomic E-state index is 5.80. The zero-order chi connectivity index (χ0) is 12.3. The van der Waals surface area contributed by atoms with Crippen LogP contribution in [0.4, 0.5) is 0 Å². The molecule has 2 rings (SSSR count). The lowest BCUT2D eigenvalue weighted by molar-refractivity contribution is 0.407. The molecule has 90 valence electrons. The third kappa shape index (κ3) is 2.65. The number of aromatic nitrogens is 2. The highest BCUT2D eigenvalue weighted by molar-refractivity contribution is 5.33. The Morgan fingerprint density at radius 3 is 2.82 bits per heavy atom. The normalized spacial score (nSPS) is 12.4. The average molecular weight is 231 g/mol. The second-order valence-electron chi connectivity index (χ2n) is 4.07. The molecule has 1 heterocycles. The second kappa shape index (κ2) is 5.01. The largest absolute Gasteiger partial charge is 0.496 e. The van der Waals surface area contributed by atoms with Crippen LogP contribution in [-0.4, -0.2) is 16.9 Å². The van der Waals surface area contributed by atoms with Crippen molar-refractivity contribution in [3.63, 3.8) is 0 Å². The first kappa shape index (κ1) is 11.7. The molecule has 0 amide bonds. The van der Waals surface area contributed by atoms with Crippen molar-refractivity contribution < 1.29 is 4.74 Å². The number of hydrogen-bond acceptors (Lipinski definition) is 3.